The van der Waals surface area contributed by atoms with Crippen LogP contribution in [0, 0.1) is 11.3 Å². The van der Waals surface area contributed by atoms with E-state index >= 15 is 0 Å². The van der Waals surface area contributed by atoms with E-state index in [2.05, 4.69) is 41.5 Å². The molecule has 0 unspecified atom stereocenters. The molecule has 2 heterocycles. The molecule has 2 rings (SSSR count). The Kier molecular flexibility index (Phi) is 8.22. The fourth-order valence-electron chi connectivity index (χ4n) is 3.31. The molecule has 0 spiro atoms. The van der Waals surface area contributed by atoms with Crippen molar-refractivity contribution < 1.29 is 4.74 Å². The van der Waals surface area contributed by atoms with Crippen LogP contribution in [-0.2, 0) is 4.74 Å². The first kappa shape index (κ1) is 19.4. The lowest BCUT2D eigenvalue weighted by atomic mass is 10.0. The van der Waals surface area contributed by atoms with Crippen LogP contribution in [0.4, 0.5) is 0 Å². The van der Waals surface area contributed by atoms with Crippen LogP contribution in [-0.4, -0.2) is 86.0 Å². The first-order valence-electron chi connectivity index (χ1n) is 9.68. The Hall–Kier alpha value is -0.910. The zero-order valence-electron chi connectivity index (χ0n) is 15.9. The van der Waals surface area contributed by atoms with E-state index in [-0.39, 0.29) is 0 Å². The molecular formula is C19H36N4O. The van der Waals surface area contributed by atoms with Crippen LogP contribution in [0.2, 0.25) is 0 Å². The second-order valence-corrected chi connectivity index (χ2v) is 7.23. The van der Waals surface area contributed by atoms with Crippen LogP contribution in [0.25, 0.3) is 0 Å². The third kappa shape index (κ3) is 5.87. The number of piperazine rings is 1. The first-order chi connectivity index (χ1) is 11.6. The molecule has 5 nitrogen and oxygen atoms in total. The fourth-order valence-corrected chi connectivity index (χ4v) is 3.31. The van der Waals surface area contributed by atoms with Gasteiger partial charge in [0.15, 0.2) is 0 Å². The summed E-state index contributed by atoms with van der Waals surface area (Å²) in [5.74, 6) is 0.299. The number of hydrogen-bond donors (Lipinski definition) is 1. The number of rotatable bonds is 8. The average molecular weight is 337 g/mol. The molecule has 0 saturated carbocycles. The van der Waals surface area contributed by atoms with Crippen molar-refractivity contribution in [2.45, 2.75) is 33.6 Å². The summed E-state index contributed by atoms with van der Waals surface area (Å²) in [7, 11) is 0. The van der Waals surface area contributed by atoms with Gasteiger partial charge in [0.05, 0.1) is 24.6 Å². The standard InChI is InChI=1S/C19H36N4O/c1-4-5-6-18(19(20)17(2)3)23-11-9-21(10-12-23)7-8-22-13-15-24-16-14-22/h6,17,20H,4-5,7-16H2,1-3H3/b18-6+,20-19?. The van der Waals surface area contributed by atoms with Crippen LogP contribution >= 0.6 is 0 Å². The Balaban J connectivity index is 1.79. The van der Waals surface area contributed by atoms with E-state index < -0.39 is 0 Å². The van der Waals surface area contributed by atoms with Crippen molar-refractivity contribution in [3.8, 4) is 0 Å². The molecule has 0 atom stereocenters. The predicted molar refractivity (Wildman–Crippen MR) is 101 cm³/mol. The molecule has 0 aromatic rings. The number of morpholine rings is 1. The minimum Gasteiger partial charge on any atom is -0.379 e. The Morgan fingerprint density at radius 2 is 1.58 bits per heavy atom. The van der Waals surface area contributed by atoms with E-state index in [4.69, 9.17) is 10.1 Å². The van der Waals surface area contributed by atoms with Crippen molar-refractivity contribution in [1.29, 1.82) is 5.41 Å². The van der Waals surface area contributed by atoms with Crippen molar-refractivity contribution in [3.05, 3.63) is 11.8 Å². The highest BCUT2D eigenvalue weighted by molar-refractivity contribution is 5.98. The maximum atomic E-state index is 8.44. The maximum Gasteiger partial charge on any atom is 0.0594 e. The summed E-state index contributed by atoms with van der Waals surface area (Å²) < 4.78 is 5.42. The van der Waals surface area contributed by atoms with E-state index in [1.165, 1.54) is 5.70 Å². The molecule has 2 fully saturated rings. The lowest BCUT2D eigenvalue weighted by molar-refractivity contribution is 0.0310. The van der Waals surface area contributed by atoms with Gasteiger partial charge < -0.3 is 15.0 Å². The van der Waals surface area contributed by atoms with Gasteiger partial charge in [0.2, 0.25) is 0 Å². The third-order valence-corrected chi connectivity index (χ3v) is 5.03. The van der Waals surface area contributed by atoms with Crippen molar-refractivity contribution >= 4 is 5.71 Å². The first-order valence-corrected chi connectivity index (χ1v) is 9.68. The van der Waals surface area contributed by atoms with Gasteiger partial charge in [-0.25, -0.2) is 0 Å². The minimum absolute atomic E-state index is 0.299. The second-order valence-electron chi connectivity index (χ2n) is 7.23. The van der Waals surface area contributed by atoms with Gasteiger partial charge in [-0.1, -0.05) is 33.3 Å². The summed E-state index contributed by atoms with van der Waals surface area (Å²) in [6.07, 6.45) is 4.50. The molecule has 2 aliphatic heterocycles. The van der Waals surface area contributed by atoms with E-state index in [1.54, 1.807) is 0 Å². The third-order valence-electron chi connectivity index (χ3n) is 5.03. The van der Waals surface area contributed by atoms with Gasteiger partial charge in [0.1, 0.15) is 0 Å². The van der Waals surface area contributed by atoms with E-state index in [9.17, 15) is 0 Å². The lowest BCUT2D eigenvalue weighted by Crippen LogP contribution is -2.49. The molecule has 2 saturated heterocycles. The largest absolute Gasteiger partial charge is 0.379 e. The number of nitrogens with one attached hydrogen (secondary N) is 1. The fraction of sp³-hybridized carbons (Fsp3) is 0.842. The average Bonchev–Trinajstić information content (AvgIpc) is 2.62. The van der Waals surface area contributed by atoms with Gasteiger partial charge in [-0.15, -0.1) is 0 Å². The van der Waals surface area contributed by atoms with Crippen molar-refractivity contribution in [3.63, 3.8) is 0 Å². The van der Waals surface area contributed by atoms with Crippen LogP contribution < -0.4 is 0 Å². The van der Waals surface area contributed by atoms with Crippen molar-refractivity contribution in [2.75, 3.05) is 65.6 Å². The number of unbranched alkanes of at least 4 members (excludes halogenated alkanes) is 1. The minimum atomic E-state index is 0.299. The predicted octanol–water partition coefficient (Wildman–Crippen LogP) is 2.30. The molecule has 0 amide bonds. The quantitative estimate of drug-likeness (QED) is 0.691. The summed E-state index contributed by atoms with van der Waals surface area (Å²) in [4.78, 5) is 7.52. The van der Waals surface area contributed by atoms with E-state index in [0.717, 1.165) is 84.1 Å². The number of hydrogen-bond acceptors (Lipinski definition) is 5. The molecule has 1 N–H and O–H groups in total. The Morgan fingerprint density at radius 3 is 2.12 bits per heavy atom. The summed E-state index contributed by atoms with van der Waals surface area (Å²) in [6.45, 7) is 17.0. The summed E-state index contributed by atoms with van der Waals surface area (Å²) in [5, 5.41) is 8.44. The lowest BCUT2D eigenvalue weighted by Gasteiger charge is -2.39. The zero-order chi connectivity index (χ0) is 17.4. The Morgan fingerprint density at radius 1 is 1.00 bits per heavy atom. The molecule has 0 radical (unpaired) electrons. The van der Waals surface area contributed by atoms with Crippen LogP contribution in [0.5, 0.6) is 0 Å². The summed E-state index contributed by atoms with van der Waals surface area (Å²) in [6, 6.07) is 0. The highest BCUT2D eigenvalue weighted by Crippen LogP contribution is 2.16. The van der Waals surface area contributed by atoms with Gasteiger partial charge in [-0.2, -0.15) is 0 Å². The molecule has 138 valence electrons. The van der Waals surface area contributed by atoms with Crippen molar-refractivity contribution in [2.24, 2.45) is 5.92 Å². The van der Waals surface area contributed by atoms with Gasteiger partial charge in [-0.05, 0) is 12.3 Å². The van der Waals surface area contributed by atoms with Gasteiger partial charge >= 0.3 is 0 Å². The van der Waals surface area contributed by atoms with Crippen LogP contribution in [0.3, 0.4) is 0 Å². The summed E-state index contributed by atoms with van der Waals surface area (Å²) >= 11 is 0. The maximum absolute atomic E-state index is 8.44. The molecule has 0 aromatic carbocycles. The van der Waals surface area contributed by atoms with Crippen LogP contribution in [0.1, 0.15) is 33.6 Å². The smallest absolute Gasteiger partial charge is 0.0594 e. The van der Waals surface area contributed by atoms with Gasteiger partial charge in [-0.3, -0.25) is 9.80 Å². The van der Waals surface area contributed by atoms with E-state index in [0.29, 0.717) is 5.92 Å². The normalized spacial score (nSPS) is 21.5. The molecule has 0 bridgehead atoms. The monoisotopic (exact) mass is 336 g/mol. The topological polar surface area (TPSA) is 42.8 Å². The highest BCUT2D eigenvalue weighted by atomic mass is 16.5. The van der Waals surface area contributed by atoms with Crippen LogP contribution in [0.15, 0.2) is 11.8 Å². The summed E-state index contributed by atoms with van der Waals surface area (Å²) in [5.41, 5.74) is 1.98. The highest BCUT2D eigenvalue weighted by Gasteiger charge is 2.22. The SMILES string of the molecule is CCC/C=C(\C(=N)C(C)C)N1CCN(CCN2CCOCC2)CC1. The molecule has 24 heavy (non-hydrogen) atoms. The Bertz CT molecular complexity index is 408. The van der Waals surface area contributed by atoms with Gasteiger partial charge in [0, 0.05) is 52.4 Å². The van der Waals surface area contributed by atoms with E-state index in [1.807, 2.05) is 0 Å². The Labute approximate surface area is 148 Å². The number of ether oxygens (including phenoxy) is 1. The molecule has 2 aliphatic rings. The van der Waals surface area contributed by atoms with Crippen molar-refractivity contribution in [1.82, 2.24) is 14.7 Å². The molecular weight excluding hydrogens is 300 g/mol. The van der Waals surface area contributed by atoms with Gasteiger partial charge in [0.25, 0.3) is 0 Å². The molecule has 0 aromatic heterocycles. The number of nitrogens with zero attached hydrogens (tertiary/aromatic N) is 3. The second kappa shape index (κ2) is 10.2. The molecule has 5 heteroatoms. The molecule has 0 aliphatic carbocycles. The number of allylic oxidation sites excluding steroid dienone is 2. The zero-order valence-corrected chi connectivity index (χ0v) is 15.9.